The van der Waals surface area contributed by atoms with Crippen LogP contribution in [-0.4, -0.2) is 25.5 Å². The van der Waals surface area contributed by atoms with Crippen LogP contribution in [0.5, 0.6) is 5.75 Å². The highest BCUT2D eigenvalue weighted by Gasteiger charge is 2.15. The number of hydrogen-bond donors (Lipinski definition) is 1. The lowest BCUT2D eigenvalue weighted by Crippen LogP contribution is -2.16. The minimum absolute atomic E-state index is 0.240. The molecule has 5 aromatic rings. The number of amides is 1. The summed E-state index contributed by atoms with van der Waals surface area (Å²) < 4.78 is 7.43. The summed E-state index contributed by atoms with van der Waals surface area (Å²) in [5.74, 6) is 2.02. The molecule has 2 aromatic heterocycles. The van der Waals surface area contributed by atoms with Crippen molar-refractivity contribution < 1.29 is 9.53 Å². The zero-order chi connectivity index (χ0) is 24.7. The fraction of sp³-hybridized carbons (Fsp3) is 0.172. The van der Waals surface area contributed by atoms with E-state index in [0.29, 0.717) is 35.3 Å². The van der Waals surface area contributed by atoms with Gasteiger partial charge in [-0.3, -0.25) is 4.79 Å². The molecular weight excluding hydrogens is 450 g/mol. The molecule has 7 heteroatoms. The number of hydrogen-bond acceptors (Lipinski definition) is 5. The Kier molecular flexibility index (Phi) is 6.98. The van der Waals surface area contributed by atoms with Gasteiger partial charge < -0.3 is 10.1 Å². The number of aromatic nitrogens is 4. The average molecular weight is 478 g/mol. The van der Waals surface area contributed by atoms with Crippen molar-refractivity contribution in [2.24, 2.45) is 0 Å². The highest BCUT2D eigenvalue weighted by atomic mass is 16.5. The smallest absolute Gasteiger partial charge is 0.256 e. The van der Waals surface area contributed by atoms with E-state index in [4.69, 9.17) is 4.74 Å². The zero-order valence-corrected chi connectivity index (χ0v) is 20.1. The van der Waals surface area contributed by atoms with Gasteiger partial charge in [0.25, 0.3) is 11.7 Å². The lowest BCUT2D eigenvalue weighted by atomic mass is 10.2. The summed E-state index contributed by atoms with van der Waals surface area (Å²) in [6, 6.07) is 28.7. The Balaban J connectivity index is 1.37. The fourth-order valence-corrected chi connectivity index (χ4v) is 3.83. The molecule has 0 atom stereocenters. The van der Waals surface area contributed by atoms with Crippen LogP contribution >= 0.6 is 0 Å². The van der Waals surface area contributed by atoms with E-state index in [0.717, 1.165) is 36.1 Å². The van der Waals surface area contributed by atoms with Gasteiger partial charge in [0.15, 0.2) is 5.82 Å². The summed E-state index contributed by atoms with van der Waals surface area (Å²) in [5, 5.41) is 7.63. The largest absolute Gasteiger partial charge is 0.489 e. The molecule has 0 unspecified atom stereocenters. The van der Waals surface area contributed by atoms with Crippen LogP contribution in [-0.2, 0) is 13.0 Å². The number of carbonyl (C=O) groups is 1. The quantitative estimate of drug-likeness (QED) is 0.283. The first-order valence-corrected chi connectivity index (χ1v) is 12.1. The molecule has 1 amide bonds. The minimum Gasteiger partial charge on any atom is -0.489 e. The third-order valence-electron chi connectivity index (χ3n) is 5.79. The first-order chi connectivity index (χ1) is 17.7. The van der Waals surface area contributed by atoms with Gasteiger partial charge in [-0.2, -0.15) is 9.50 Å². The molecule has 0 fully saturated rings. The number of anilines is 1. The summed E-state index contributed by atoms with van der Waals surface area (Å²) in [5.41, 5.74) is 3.37. The second-order valence-electron chi connectivity index (χ2n) is 8.50. The third kappa shape index (κ3) is 5.41. The van der Waals surface area contributed by atoms with Gasteiger partial charge in [0.05, 0.1) is 0 Å². The number of aryl methyl sites for hydroxylation is 1. The van der Waals surface area contributed by atoms with Gasteiger partial charge in [0.1, 0.15) is 18.2 Å². The second kappa shape index (κ2) is 10.8. The second-order valence-corrected chi connectivity index (χ2v) is 8.50. The Hall–Kier alpha value is -4.52. The fourth-order valence-electron chi connectivity index (χ4n) is 3.83. The maximum atomic E-state index is 13.1. The number of nitrogens with zero attached hydrogens (tertiary/aromatic N) is 4. The van der Waals surface area contributed by atoms with Crippen molar-refractivity contribution in [1.29, 1.82) is 0 Å². The van der Waals surface area contributed by atoms with E-state index < -0.39 is 0 Å². The SMILES string of the molecule is CCCCc1cc(NC(=O)c2ccc(OCc3ccccc3)cc2)n2nc(-c3ccccc3)nc2n1. The summed E-state index contributed by atoms with van der Waals surface area (Å²) in [6.07, 6.45) is 2.85. The average Bonchev–Trinajstić information content (AvgIpc) is 3.37. The Labute approximate surface area is 209 Å². The first kappa shape index (κ1) is 23.2. The van der Waals surface area contributed by atoms with Crippen LogP contribution in [0, 0.1) is 0 Å². The van der Waals surface area contributed by atoms with Gasteiger partial charge in [-0.25, -0.2) is 4.98 Å². The molecule has 1 N–H and O–H groups in total. The lowest BCUT2D eigenvalue weighted by molar-refractivity contribution is 0.102. The number of ether oxygens (including phenoxy) is 1. The topological polar surface area (TPSA) is 81.4 Å². The third-order valence-corrected chi connectivity index (χ3v) is 5.79. The van der Waals surface area contributed by atoms with E-state index >= 15 is 0 Å². The van der Waals surface area contributed by atoms with E-state index in [1.807, 2.05) is 66.7 Å². The molecule has 2 heterocycles. The minimum atomic E-state index is -0.240. The standard InChI is InChI=1S/C29H27N5O2/c1-2-3-14-24-19-26(34-29(30-24)32-27(33-34)22-12-8-5-9-13-22)31-28(35)23-15-17-25(18-16-23)36-20-21-10-6-4-7-11-21/h4-13,15-19H,2-3,14,20H2,1H3,(H,31,35). The molecular formula is C29H27N5O2. The van der Waals surface area contributed by atoms with Gasteiger partial charge in [0, 0.05) is 22.9 Å². The van der Waals surface area contributed by atoms with Crippen molar-refractivity contribution in [3.05, 3.63) is 108 Å². The van der Waals surface area contributed by atoms with E-state index in [-0.39, 0.29) is 5.91 Å². The molecule has 0 saturated carbocycles. The van der Waals surface area contributed by atoms with Gasteiger partial charge in [-0.05, 0) is 42.7 Å². The lowest BCUT2D eigenvalue weighted by Gasteiger charge is -2.10. The Morgan fingerprint density at radius 3 is 2.36 bits per heavy atom. The molecule has 5 rings (SSSR count). The first-order valence-electron chi connectivity index (χ1n) is 12.1. The Morgan fingerprint density at radius 2 is 1.64 bits per heavy atom. The number of benzene rings is 3. The molecule has 0 spiro atoms. The van der Waals surface area contributed by atoms with Crippen LogP contribution in [0.1, 0.15) is 41.4 Å². The number of rotatable bonds is 9. The van der Waals surface area contributed by atoms with Gasteiger partial charge in [-0.15, -0.1) is 5.10 Å². The normalized spacial score (nSPS) is 10.9. The van der Waals surface area contributed by atoms with Crippen LogP contribution in [0.25, 0.3) is 17.2 Å². The van der Waals surface area contributed by atoms with E-state index in [9.17, 15) is 4.79 Å². The summed E-state index contributed by atoms with van der Waals surface area (Å²) in [6.45, 7) is 2.61. The number of nitrogens with one attached hydrogen (secondary N) is 1. The molecule has 0 aliphatic carbocycles. The summed E-state index contributed by atoms with van der Waals surface area (Å²) in [4.78, 5) is 22.4. The van der Waals surface area contributed by atoms with Crippen LogP contribution in [0.2, 0.25) is 0 Å². The van der Waals surface area contributed by atoms with Crippen molar-refractivity contribution >= 4 is 17.5 Å². The van der Waals surface area contributed by atoms with Gasteiger partial charge >= 0.3 is 0 Å². The maximum absolute atomic E-state index is 13.1. The monoisotopic (exact) mass is 477 g/mol. The Morgan fingerprint density at radius 1 is 0.917 bits per heavy atom. The van der Waals surface area contributed by atoms with Crippen molar-refractivity contribution in [2.75, 3.05) is 5.32 Å². The zero-order valence-electron chi connectivity index (χ0n) is 20.1. The number of fused-ring (bicyclic) bond motifs is 1. The van der Waals surface area contributed by atoms with Crippen LogP contribution in [0.15, 0.2) is 91.0 Å². The molecule has 0 saturated heterocycles. The van der Waals surface area contributed by atoms with Gasteiger partial charge in [0.2, 0.25) is 0 Å². The highest BCUT2D eigenvalue weighted by Crippen LogP contribution is 2.21. The molecule has 7 nitrogen and oxygen atoms in total. The van der Waals surface area contributed by atoms with E-state index in [1.165, 1.54) is 0 Å². The predicted molar refractivity (Wildman–Crippen MR) is 140 cm³/mol. The Bertz CT molecular complexity index is 1450. The molecule has 0 aliphatic heterocycles. The highest BCUT2D eigenvalue weighted by molar-refractivity contribution is 6.04. The van der Waals surface area contributed by atoms with Crippen molar-refractivity contribution in [3.63, 3.8) is 0 Å². The number of unbranched alkanes of at least 4 members (excludes halogenated alkanes) is 1. The summed E-state index contributed by atoms with van der Waals surface area (Å²) in [7, 11) is 0. The molecule has 0 aliphatic rings. The molecule has 36 heavy (non-hydrogen) atoms. The van der Waals surface area contributed by atoms with E-state index in [2.05, 4.69) is 27.3 Å². The molecule has 180 valence electrons. The van der Waals surface area contributed by atoms with E-state index in [1.54, 1.807) is 28.8 Å². The molecule has 0 radical (unpaired) electrons. The van der Waals surface area contributed by atoms with Crippen LogP contribution in [0.3, 0.4) is 0 Å². The molecule has 0 bridgehead atoms. The summed E-state index contributed by atoms with van der Waals surface area (Å²) >= 11 is 0. The van der Waals surface area contributed by atoms with Crippen molar-refractivity contribution in [2.45, 2.75) is 32.8 Å². The molecule has 3 aromatic carbocycles. The van der Waals surface area contributed by atoms with Crippen molar-refractivity contribution in [1.82, 2.24) is 19.6 Å². The van der Waals surface area contributed by atoms with Crippen LogP contribution < -0.4 is 10.1 Å². The maximum Gasteiger partial charge on any atom is 0.256 e. The van der Waals surface area contributed by atoms with Crippen LogP contribution in [0.4, 0.5) is 5.82 Å². The van der Waals surface area contributed by atoms with Crippen molar-refractivity contribution in [3.8, 4) is 17.1 Å². The van der Waals surface area contributed by atoms with Gasteiger partial charge in [-0.1, -0.05) is 74.0 Å². The number of carbonyl (C=O) groups excluding carboxylic acids is 1. The predicted octanol–water partition coefficient (Wildman–Crippen LogP) is 5.97.